The van der Waals surface area contributed by atoms with E-state index in [2.05, 4.69) is 16.3 Å². The molecule has 162 valence electrons. The first-order valence-electron chi connectivity index (χ1n) is 11.3. The summed E-state index contributed by atoms with van der Waals surface area (Å²) in [6.45, 7) is 9.85. The minimum absolute atomic E-state index is 0.0985. The molecule has 0 unspecified atom stereocenters. The molecule has 1 aromatic heterocycles. The van der Waals surface area contributed by atoms with Crippen molar-refractivity contribution in [2.45, 2.75) is 83.6 Å². The van der Waals surface area contributed by atoms with E-state index in [-0.39, 0.29) is 5.54 Å². The van der Waals surface area contributed by atoms with Crippen molar-refractivity contribution >= 4 is 15.8 Å². The smallest absolute Gasteiger partial charge is 0.263 e. The molecule has 0 saturated heterocycles. The number of hydrogen-bond acceptors (Lipinski definition) is 3. The third-order valence-corrected chi connectivity index (χ3v) is 10.1. The molecule has 0 radical (unpaired) electrons. The molecular formula is C24H33N3O2S. The zero-order valence-corrected chi connectivity index (χ0v) is 19.6. The Hall–Kier alpha value is -1.82. The second kappa shape index (κ2) is 6.59. The molecule has 4 bridgehead atoms. The zero-order chi connectivity index (χ0) is 21.4. The van der Waals surface area contributed by atoms with Gasteiger partial charge in [0, 0.05) is 12.3 Å². The van der Waals surface area contributed by atoms with Crippen molar-refractivity contribution in [2.75, 3.05) is 4.72 Å². The summed E-state index contributed by atoms with van der Waals surface area (Å²) >= 11 is 0. The number of nitrogens with zero attached hydrogens (tertiary/aromatic N) is 2. The summed E-state index contributed by atoms with van der Waals surface area (Å²) in [4.78, 5) is 0.396. The number of rotatable bonds is 4. The molecule has 0 spiro atoms. The highest BCUT2D eigenvalue weighted by molar-refractivity contribution is 7.92. The summed E-state index contributed by atoms with van der Waals surface area (Å²) in [6.07, 6.45) is 9.72. The molecule has 6 heteroatoms. The fraction of sp³-hybridized carbons (Fsp3) is 0.625. The maximum atomic E-state index is 13.4. The Bertz CT molecular complexity index is 1070. The van der Waals surface area contributed by atoms with Crippen LogP contribution in [0.25, 0.3) is 0 Å². The van der Waals surface area contributed by atoms with Gasteiger partial charge in [0.1, 0.15) is 0 Å². The quantitative estimate of drug-likeness (QED) is 0.734. The van der Waals surface area contributed by atoms with Gasteiger partial charge in [-0.3, -0.25) is 9.40 Å². The molecule has 1 N–H and O–H groups in total. The van der Waals surface area contributed by atoms with Crippen LogP contribution in [0, 0.1) is 52.4 Å². The summed E-state index contributed by atoms with van der Waals surface area (Å²) in [5, 5.41) is 4.76. The third-order valence-electron chi connectivity index (χ3n) is 8.52. The van der Waals surface area contributed by atoms with Crippen LogP contribution in [0.5, 0.6) is 0 Å². The third kappa shape index (κ3) is 2.94. The van der Waals surface area contributed by atoms with Crippen molar-refractivity contribution in [1.29, 1.82) is 0 Å². The average molecular weight is 428 g/mol. The van der Waals surface area contributed by atoms with E-state index in [1.54, 1.807) is 0 Å². The highest BCUT2D eigenvalue weighted by atomic mass is 32.2. The molecule has 4 fully saturated rings. The molecule has 30 heavy (non-hydrogen) atoms. The van der Waals surface area contributed by atoms with Gasteiger partial charge in [0.25, 0.3) is 10.0 Å². The Labute approximate surface area is 180 Å². The lowest BCUT2D eigenvalue weighted by Gasteiger charge is -2.56. The first-order chi connectivity index (χ1) is 14.1. The summed E-state index contributed by atoms with van der Waals surface area (Å²) in [5.74, 6) is 2.90. The normalized spacial score (nSPS) is 30.1. The topological polar surface area (TPSA) is 64.0 Å². The maximum Gasteiger partial charge on any atom is 0.263 e. The molecule has 4 saturated carbocycles. The first kappa shape index (κ1) is 20.1. The highest BCUT2D eigenvalue weighted by Gasteiger charge is 2.52. The largest absolute Gasteiger partial charge is 0.264 e. The SMILES string of the molecule is Cc1c(C)c(C)c(S(=O)(=O)Nc2ccn(C34CC5CC(CC(C5)C3)C4)n2)c(C)c1C. The predicted octanol–water partition coefficient (Wildman–Crippen LogP) is 5.15. The molecule has 1 aromatic carbocycles. The van der Waals surface area contributed by atoms with Crippen molar-refractivity contribution in [3.8, 4) is 0 Å². The average Bonchev–Trinajstić information content (AvgIpc) is 3.12. The number of nitrogens with one attached hydrogen (secondary N) is 1. The second-order valence-electron chi connectivity index (χ2n) is 10.3. The minimum Gasteiger partial charge on any atom is -0.264 e. The first-order valence-corrected chi connectivity index (χ1v) is 12.7. The molecule has 4 aliphatic rings. The molecule has 1 heterocycles. The fourth-order valence-electron chi connectivity index (χ4n) is 7.05. The molecule has 0 aliphatic heterocycles. The fourth-order valence-corrected chi connectivity index (χ4v) is 8.64. The van der Waals surface area contributed by atoms with Gasteiger partial charge in [-0.2, -0.15) is 5.10 Å². The van der Waals surface area contributed by atoms with Gasteiger partial charge in [-0.15, -0.1) is 0 Å². The highest BCUT2D eigenvalue weighted by Crippen LogP contribution is 2.58. The van der Waals surface area contributed by atoms with Crippen molar-refractivity contribution in [1.82, 2.24) is 9.78 Å². The summed E-state index contributed by atoms with van der Waals surface area (Å²) in [6, 6.07) is 1.83. The monoisotopic (exact) mass is 427 g/mol. The number of aromatic nitrogens is 2. The predicted molar refractivity (Wildman–Crippen MR) is 119 cm³/mol. The van der Waals surface area contributed by atoms with Crippen LogP contribution in [0.15, 0.2) is 17.2 Å². The van der Waals surface area contributed by atoms with E-state index in [9.17, 15) is 8.42 Å². The van der Waals surface area contributed by atoms with E-state index < -0.39 is 10.0 Å². The van der Waals surface area contributed by atoms with Crippen LogP contribution < -0.4 is 4.72 Å². The molecule has 0 atom stereocenters. The van der Waals surface area contributed by atoms with E-state index in [0.717, 1.165) is 45.6 Å². The van der Waals surface area contributed by atoms with Crippen LogP contribution in [0.1, 0.15) is 66.3 Å². The van der Waals surface area contributed by atoms with Gasteiger partial charge in [0.15, 0.2) is 5.82 Å². The number of anilines is 1. The Kier molecular flexibility index (Phi) is 4.41. The van der Waals surface area contributed by atoms with Crippen molar-refractivity contribution in [3.05, 3.63) is 40.1 Å². The molecule has 4 aliphatic carbocycles. The zero-order valence-electron chi connectivity index (χ0n) is 18.7. The van der Waals surface area contributed by atoms with Gasteiger partial charge in [-0.05, 0) is 119 Å². The van der Waals surface area contributed by atoms with E-state index in [1.807, 2.05) is 40.0 Å². The Morgan fingerprint density at radius 2 is 1.33 bits per heavy atom. The van der Waals surface area contributed by atoms with Crippen molar-refractivity contribution in [2.24, 2.45) is 17.8 Å². The van der Waals surface area contributed by atoms with Crippen LogP contribution >= 0.6 is 0 Å². The lowest BCUT2D eigenvalue weighted by Crippen LogP contribution is -2.52. The molecular weight excluding hydrogens is 394 g/mol. The van der Waals surface area contributed by atoms with Crippen molar-refractivity contribution in [3.63, 3.8) is 0 Å². The molecule has 2 aromatic rings. The maximum absolute atomic E-state index is 13.4. The lowest BCUT2D eigenvalue weighted by atomic mass is 9.53. The minimum atomic E-state index is -3.70. The van der Waals surface area contributed by atoms with Gasteiger partial charge >= 0.3 is 0 Å². The lowest BCUT2D eigenvalue weighted by molar-refractivity contribution is -0.0492. The number of hydrogen-bond donors (Lipinski definition) is 1. The van der Waals surface area contributed by atoms with Gasteiger partial charge in [0.2, 0.25) is 0 Å². The number of sulfonamides is 1. The van der Waals surface area contributed by atoms with Crippen molar-refractivity contribution < 1.29 is 8.42 Å². The summed E-state index contributed by atoms with van der Waals surface area (Å²) < 4.78 is 31.6. The van der Waals surface area contributed by atoms with E-state index in [4.69, 9.17) is 5.10 Å². The molecule has 6 rings (SSSR count). The molecule has 0 amide bonds. The van der Waals surface area contributed by atoms with Crippen LogP contribution in [0.2, 0.25) is 0 Å². The summed E-state index contributed by atoms with van der Waals surface area (Å²) in [7, 11) is -3.70. The van der Waals surface area contributed by atoms with Crippen LogP contribution in [0.3, 0.4) is 0 Å². The van der Waals surface area contributed by atoms with E-state index >= 15 is 0 Å². The molecule has 5 nitrogen and oxygen atoms in total. The van der Waals surface area contributed by atoms with Gasteiger partial charge in [-0.25, -0.2) is 8.42 Å². The van der Waals surface area contributed by atoms with Crippen LogP contribution in [-0.2, 0) is 15.6 Å². The Balaban J connectivity index is 1.46. The standard InChI is InChI=1S/C24H33N3O2S/c1-14-15(2)17(4)23(18(5)16(14)3)30(28,29)26-22-6-7-27(25-22)24-11-19-8-20(12-24)10-21(9-19)13-24/h6-7,19-21H,8-13H2,1-5H3,(H,25,26). The number of benzene rings is 1. The summed E-state index contributed by atoms with van der Waals surface area (Å²) in [5.41, 5.74) is 4.99. The second-order valence-corrected chi connectivity index (χ2v) is 12.0. The van der Waals surface area contributed by atoms with E-state index in [0.29, 0.717) is 10.7 Å². The Morgan fingerprint density at radius 3 is 1.83 bits per heavy atom. The van der Waals surface area contributed by atoms with Crippen LogP contribution in [0.4, 0.5) is 5.82 Å². The van der Waals surface area contributed by atoms with E-state index in [1.165, 1.54) is 38.5 Å². The van der Waals surface area contributed by atoms with Crippen LogP contribution in [-0.4, -0.2) is 18.2 Å². The van der Waals surface area contributed by atoms with Gasteiger partial charge in [-0.1, -0.05) is 0 Å². The van der Waals surface area contributed by atoms with Gasteiger partial charge in [0.05, 0.1) is 10.4 Å². The Morgan fingerprint density at radius 1 is 0.867 bits per heavy atom. The van der Waals surface area contributed by atoms with Gasteiger partial charge < -0.3 is 0 Å².